The van der Waals surface area contributed by atoms with Crippen LogP contribution in [-0.2, 0) is 9.53 Å². The lowest BCUT2D eigenvalue weighted by Crippen LogP contribution is -2.30. The predicted molar refractivity (Wildman–Crippen MR) is 64.2 cm³/mol. The molecular weight excluding hydrogens is 206 g/mol. The molecule has 0 bridgehead atoms. The lowest BCUT2D eigenvalue weighted by atomic mass is 9.89. The van der Waals surface area contributed by atoms with Crippen molar-refractivity contribution in [2.75, 3.05) is 20.2 Å². The Labute approximate surface area is 98.4 Å². The number of hydrogen-bond acceptors (Lipinski definition) is 4. The van der Waals surface area contributed by atoms with Crippen molar-refractivity contribution >= 4 is 5.97 Å². The third-order valence-electron chi connectivity index (χ3n) is 2.19. The summed E-state index contributed by atoms with van der Waals surface area (Å²) in [6.45, 7) is 7.63. The van der Waals surface area contributed by atoms with Crippen molar-refractivity contribution in [3.8, 4) is 0 Å². The van der Waals surface area contributed by atoms with Crippen molar-refractivity contribution in [3.05, 3.63) is 0 Å². The fraction of sp³-hybridized carbons (Fsp3) is 0.917. The van der Waals surface area contributed by atoms with Gasteiger partial charge in [0.15, 0.2) is 0 Å². The van der Waals surface area contributed by atoms with E-state index in [1.807, 2.05) is 0 Å². The second kappa shape index (κ2) is 7.63. The Kier molecular flexibility index (Phi) is 7.34. The van der Waals surface area contributed by atoms with Crippen LogP contribution >= 0.6 is 0 Å². The quantitative estimate of drug-likeness (QED) is 0.512. The smallest absolute Gasteiger partial charge is 0.305 e. The van der Waals surface area contributed by atoms with Gasteiger partial charge in [0.05, 0.1) is 13.2 Å². The summed E-state index contributed by atoms with van der Waals surface area (Å²) in [6.07, 6.45) is 1.63. The highest BCUT2D eigenvalue weighted by atomic mass is 16.5. The molecule has 0 fully saturated rings. The number of nitrogens with one attached hydrogen (secondary N) is 1. The van der Waals surface area contributed by atoms with Gasteiger partial charge in [0, 0.05) is 13.0 Å². The molecule has 0 aromatic rings. The summed E-state index contributed by atoms with van der Waals surface area (Å²) >= 11 is 0. The van der Waals surface area contributed by atoms with Gasteiger partial charge in [0.25, 0.3) is 0 Å². The number of aliphatic hydroxyl groups is 1. The molecule has 0 aliphatic rings. The highest BCUT2D eigenvalue weighted by molar-refractivity contribution is 5.68. The Morgan fingerprint density at radius 2 is 2.06 bits per heavy atom. The summed E-state index contributed by atoms with van der Waals surface area (Å²) < 4.78 is 4.53. The molecule has 96 valence electrons. The maximum atomic E-state index is 10.8. The van der Waals surface area contributed by atoms with Gasteiger partial charge in [-0.2, -0.15) is 0 Å². The van der Waals surface area contributed by atoms with Gasteiger partial charge < -0.3 is 15.2 Å². The van der Waals surface area contributed by atoms with E-state index in [0.29, 0.717) is 13.0 Å². The lowest BCUT2D eigenvalue weighted by Gasteiger charge is -2.22. The Bertz CT molecular complexity index is 199. The van der Waals surface area contributed by atoms with E-state index in [1.54, 1.807) is 0 Å². The summed E-state index contributed by atoms with van der Waals surface area (Å²) in [7, 11) is 1.39. The molecule has 2 N–H and O–H groups in total. The molecule has 0 aliphatic carbocycles. The van der Waals surface area contributed by atoms with Crippen LogP contribution in [0.4, 0.5) is 0 Å². The number of aliphatic hydroxyl groups excluding tert-OH is 1. The lowest BCUT2D eigenvalue weighted by molar-refractivity contribution is -0.140. The molecule has 1 unspecified atom stereocenters. The third kappa shape index (κ3) is 9.93. The fourth-order valence-corrected chi connectivity index (χ4v) is 1.51. The van der Waals surface area contributed by atoms with E-state index in [9.17, 15) is 9.90 Å². The maximum absolute atomic E-state index is 10.8. The molecule has 1 atom stereocenters. The van der Waals surface area contributed by atoms with Gasteiger partial charge in [-0.25, -0.2) is 0 Å². The summed E-state index contributed by atoms with van der Waals surface area (Å²) in [5, 5.41) is 12.8. The molecule has 0 heterocycles. The molecule has 0 spiro atoms. The number of esters is 1. The van der Waals surface area contributed by atoms with E-state index < -0.39 is 0 Å². The van der Waals surface area contributed by atoms with Gasteiger partial charge in [-0.15, -0.1) is 0 Å². The minimum atomic E-state index is -0.321. The summed E-state index contributed by atoms with van der Waals surface area (Å²) in [5.41, 5.74) is 0.146. The third-order valence-corrected chi connectivity index (χ3v) is 2.19. The fourth-order valence-electron chi connectivity index (χ4n) is 1.51. The Morgan fingerprint density at radius 1 is 1.44 bits per heavy atom. The first-order chi connectivity index (χ1) is 7.35. The average Bonchev–Trinajstić information content (AvgIpc) is 2.14. The molecule has 0 radical (unpaired) electrons. The summed E-state index contributed by atoms with van der Waals surface area (Å²) in [5.74, 6) is -0.183. The molecule has 0 aromatic heterocycles. The number of hydrogen-bond donors (Lipinski definition) is 2. The first-order valence-electron chi connectivity index (χ1n) is 5.81. The summed E-state index contributed by atoms with van der Waals surface area (Å²) in [6, 6.07) is 0. The van der Waals surface area contributed by atoms with Crippen molar-refractivity contribution < 1.29 is 14.6 Å². The minimum Gasteiger partial charge on any atom is -0.469 e. The zero-order valence-electron chi connectivity index (χ0n) is 10.9. The molecular formula is C12H25NO3. The molecule has 0 aromatic carbocycles. The molecule has 0 amide bonds. The predicted octanol–water partition coefficient (Wildman–Crippen LogP) is 1.33. The number of carbonyl (C=O) groups excluding carboxylic acids is 1. The number of methoxy groups -OCH3 is 1. The van der Waals surface area contributed by atoms with E-state index in [1.165, 1.54) is 7.11 Å². The van der Waals surface area contributed by atoms with Gasteiger partial charge in [0.2, 0.25) is 0 Å². The van der Waals surface area contributed by atoms with Crippen LogP contribution in [0.25, 0.3) is 0 Å². The van der Waals surface area contributed by atoms with E-state index >= 15 is 0 Å². The monoisotopic (exact) mass is 231 g/mol. The van der Waals surface area contributed by atoms with Crippen LogP contribution in [0.1, 0.15) is 40.0 Å². The second-order valence-electron chi connectivity index (χ2n) is 5.30. The largest absolute Gasteiger partial charge is 0.469 e. The highest BCUT2D eigenvalue weighted by Crippen LogP contribution is 2.20. The molecule has 16 heavy (non-hydrogen) atoms. The number of carbonyl (C=O) groups is 1. The van der Waals surface area contributed by atoms with Crippen LogP contribution in [0.2, 0.25) is 0 Å². The van der Waals surface area contributed by atoms with Crippen LogP contribution in [-0.4, -0.2) is 37.4 Å². The normalized spacial score (nSPS) is 13.6. The van der Waals surface area contributed by atoms with Crippen LogP contribution in [0.3, 0.4) is 0 Å². The Hall–Kier alpha value is -0.610. The van der Waals surface area contributed by atoms with Crippen molar-refractivity contribution in [2.45, 2.75) is 46.1 Å². The van der Waals surface area contributed by atoms with Crippen molar-refractivity contribution in [1.29, 1.82) is 0 Å². The standard InChI is InChI=1S/C12H25NO3/c1-12(2,3)8-10(14)9-13-7-5-6-11(15)16-4/h10,13-14H,5-9H2,1-4H3. The topological polar surface area (TPSA) is 58.6 Å². The zero-order chi connectivity index (χ0) is 12.6. The number of rotatable bonds is 7. The summed E-state index contributed by atoms with van der Waals surface area (Å²) in [4.78, 5) is 10.8. The zero-order valence-corrected chi connectivity index (χ0v) is 10.9. The molecule has 0 saturated carbocycles. The van der Waals surface area contributed by atoms with Gasteiger partial charge in [-0.3, -0.25) is 4.79 Å². The van der Waals surface area contributed by atoms with Crippen molar-refractivity contribution in [3.63, 3.8) is 0 Å². The van der Waals surface area contributed by atoms with Gasteiger partial charge in [-0.1, -0.05) is 20.8 Å². The first kappa shape index (κ1) is 15.4. The number of ether oxygens (including phenoxy) is 1. The van der Waals surface area contributed by atoms with Crippen LogP contribution in [0.5, 0.6) is 0 Å². The van der Waals surface area contributed by atoms with Crippen molar-refractivity contribution in [2.24, 2.45) is 5.41 Å². The van der Waals surface area contributed by atoms with Crippen LogP contribution in [0, 0.1) is 5.41 Å². The Morgan fingerprint density at radius 3 is 2.56 bits per heavy atom. The SMILES string of the molecule is COC(=O)CCCNCC(O)CC(C)(C)C. The molecule has 4 heteroatoms. The molecule has 0 aliphatic heterocycles. The van der Waals surface area contributed by atoms with E-state index in [2.05, 4.69) is 30.8 Å². The van der Waals surface area contributed by atoms with E-state index in [4.69, 9.17) is 0 Å². The molecule has 0 saturated heterocycles. The second-order valence-corrected chi connectivity index (χ2v) is 5.30. The van der Waals surface area contributed by atoms with E-state index in [0.717, 1.165) is 19.4 Å². The minimum absolute atomic E-state index is 0.146. The van der Waals surface area contributed by atoms with E-state index in [-0.39, 0.29) is 17.5 Å². The molecule has 0 rings (SSSR count). The first-order valence-corrected chi connectivity index (χ1v) is 5.81. The average molecular weight is 231 g/mol. The van der Waals surface area contributed by atoms with Crippen molar-refractivity contribution in [1.82, 2.24) is 5.32 Å². The Balaban J connectivity index is 3.41. The van der Waals surface area contributed by atoms with Gasteiger partial charge >= 0.3 is 5.97 Å². The molecule has 4 nitrogen and oxygen atoms in total. The highest BCUT2D eigenvalue weighted by Gasteiger charge is 2.15. The van der Waals surface area contributed by atoms with Crippen LogP contribution < -0.4 is 5.32 Å². The maximum Gasteiger partial charge on any atom is 0.305 e. The van der Waals surface area contributed by atoms with Gasteiger partial charge in [0.1, 0.15) is 0 Å². The van der Waals surface area contributed by atoms with Crippen LogP contribution in [0.15, 0.2) is 0 Å². The van der Waals surface area contributed by atoms with Gasteiger partial charge in [-0.05, 0) is 24.8 Å².